The molecular formula is C15H11Br2NO3. The Morgan fingerprint density at radius 3 is 2.52 bits per heavy atom. The number of halogens is 2. The first-order chi connectivity index (χ1) is 10.1. The number of ether oxygens (including phenoxy) is 1. The number of nitro benzene ring substituents is 1. The molecule has 0 aliphatic rings. The van der Waals surface area contributed by atoms with Gasteiger partial charge in [-0.2, -0.15) is 0 Å². The van der Waals surface area contributed by atoms with Gasteiger partial charge < -0.3 is 4.74 Å². The molecule has 0 radical (unpaired) electrons. The second-order valence-electron chi connectivity index (χ2n) is 4.19. The van der Waals surface area contributed by atoms with Crippen LogP contribution in [0.3, 0.4) is 0 Å². The van der Waals surface area contributed by atoms with Crippen molar-refractivity contribution in [3.8, 4) is 5.75 Å². The Morgan fingerprint density at radius 2 is 1.90 bits per heavy atom. The van der Waals surface area contributed by atoms with E-state index in [9.17, 15) is 10.1 Å². The molecule has 0 aromatic heterocycles. The normalized spacial score (nSPS) is 10.0. The molecule has 108 valence electrons. The highest BCUT2D eigenvalue weighted by Crippen LogP contribution is 2.30. The zero-order chi connectivity index (χ0) is 15.2. The van der Waals surface area contributed by atoms with Crippen molar-refractivity contribution in [3.63, 3.8) is 0 Å². The fourth-order valence-corrected chi connectivity index (χ4v) is 2.28. The molecule has 2 rings (SSSR count). The van der Waals surface area contributed by atoms with E-state index in [-0.39, 0.29) is 18.0 Å². The molecule has 0 bridgehead atoms. The lowest BCUT2D eigenvalue weighted by Gasteiger charge is -2.08. The van der Waals surface area contributed by atoms with E-state index in [2.05, 4.69) is 31.9 Å². The van der Waals surface area contributed by atoms with Crippen LogP contribution in [-0.4, -0.2) is 4.92 Å². The van der Waals surface area contributed by atoms with Gasteiger partial charge in [-0.25, -0.2) is 0 Å². The molecule has 0 atom stereocenters. The molecule has 0 unspecified atom stereocenters. The molecule has 0 fully saturated rings. The molecule has 6 heteroatoms. The summed E-state index contributed by atoms with van der Waals surface area (Å²) in [6, 6.07) is 14.3. The van der Waals surface area contributed by atoms with E-state index in [1.54, 1.807) is 18.2 Å². The summed E-state index contributed by atoms with van der Waals surface area (Å²) in [5, 5.41) is 11.1. The largest absolute Gasteiger partial charge is 0.482 e. The fourth-order valence-electron chi connectivity index (χ4n) is 1.75. The standard InChI is InChI=1S/C15H11Br2NO3/c16-15(17)9-12-6-7-13(18(19)20)14(8-12)21-10-11-4-2-1-3-5-11/h1-9H,10H2. The molecule has 0 saturated carbocycles. The molecule has 0 saturated heterocycles. The first-order valence-corrected chi connectivity index (χ1v) is 7.63. The van der Waals surface area contributed by atoms with Gasteiger partial charge in [0.1, 0.15) is 6.61 Å². The molecule has 4 nitrogen and oxygen atoms in total. The fraction of sp³-hybridized carbons (Fsp3) is 0.0667. The molecule has 0 aliphatic carbocycles. The van der Waals surface area contributed by atoms with Gasteiger partial charge in [0.2, 0.25) is 0 Å². The smallest absolute Gasteiger partial charge is 0.310 e. The Labute approximate surface area is 138 Å². The molecular weight excluding hydrogens is 402 g/mol. The molecule has 0 amide bonds. The Hall–Kier alpha value is -1.66. The molecule has 0 spiro atoms. The van der Waals surface area contributed by atoms with Crippen molar-refractivity contribution < 1.29 is 9.66 Å². The predicted octanol–water partition coefficient (Wildman–Crippen LogP) is 5.26. The lowest BCUT2D eigenvalue weighted by Crippen LogP contribution is -1.99. The summed E-state index contributed by atoms with van der Waals surface area (Å²) in [6.45, 7) is 0.282. The van der Waals surface area contributed by atoms with Crippen molar-refractivity contribution in [1.29, 1.82) is 0 Å². The maximum atomic E-state index is 11.1. The van der Waals surface area contributed by atoms with Crippen LogP contribution in [0, 0.1) is 10.1 Å². The van der Waals surface area contributed by atoms with Gasteiger partial charge in [0.05, 0.1) is 8.31 Å². The molecule has 2 aromatic carbocycles. The Bertz CT molecular complexity index is 668. The minimum absolute atomic E-state index is 0.0474. The summed E-state index contributed by atoms with van der Waals surface area (Å²) in [6.07, 6.45) is 1.79. The van der Waals surface area contributed by atoms with E-state index in [0.29, 0.717) is 0 Å². The van der Waals surface area contributed by atoms with Crippen molar-refractivity contribution in [3.05, 3.63) is 73.2 Å². The van der Waals surface area contributed by atoms with Gasteiger partial charge in [-0.1, -0.05) is 30.3 Å². The van der Waals surface area contributed by atoms with Crippen LogP contribution in [0.25, 0.3) is 6.08 Å². The van der Waals surface area contributed by atoms with Gasteiger partial charge in [-0.3, -0.25) is 10.1 Å². The number of nitro groups is 1. The average molecular weight is 413 g/mol. The van der Waals surface area contributed by atoms with Crippen LogP contribution in [0.15, 0.2) is 51.9 Å². The number of benzene rings is 2. The van der Waals surface area contributed by atoms with Crippen molar-refractivity contribution in [2.45, 2.75) is 6.61 Å². The Morgan fingerprint density at radius 1 is 1.19 bits per heavy atom. The van der Waals surface area contributed by atoms with Gasteiger partial charge >= 0.3 is 5.69 Å². The number of rotatable bonds is 5. The summed E-state index contributed by atoms with van der Waals surface area (Å²) in [5.41, 5.74) is 1.70. The number of nitrogens with zero attached hydrogens (tertiary/aromatic N) is 1. The molecule has 0 N–H and O–H groups in total. The van der Waals surface area contributed by atoms with Gasteiger partial charge in [0, 0.05) is 6.07 Å². The lowest BCUT2D eigenvalue weighted by atomic mass is 10.2. The van der Waals surface area contributed by atoms with Crippen molar-refractivity contribution in [2.75, 3.05) is 0 Å². The van der Waals surface area contributed by atoms with Crippen LogP contribution in [0.5, 0.6) is 5.75 Å². The van der Waals surface area contributed by atoms with Crippen molar-refractivity contribution in [2.24, 2.45) is 0 Å². The summed E-state index contributed by atoms with van der Waals surface area (Å²) < 4.78 is 6.35. The van der Waals surface area contributed by atoms with E-state index < -0.39 is 4.92 Å². The third kappa shape index (κ3) is 4.68. The first kappa shape index (κ1) is 15.7. The first-order valence-electron chi connectivity index (χ1n) is 6.04. The quantitative estimate of drug-likeness (QED) is 0.497. The van der Waals surface area contributed by atoms with E-state index in [1.165, 1.54) is 6.07 Å². The van der Waals surface area contributed by atoms with Crippen LogP contribution >= 0.6 is 31.9 Å². The topological polar surface area (TPSA) is 52.4 Å². The van der Waals surface area contributed by atoms with Crippen molar-refractivity contribution >= 4 is 43.6 Å². The number of hydrogen-bond acceptors (Lipinski definition) is 3. The van der Waals surface area contributed by atoms with E-state index in [0.717, 1.165) is 14.5 Å². The SMILES string of the molecule is O=[N+]([O-])c1ccc(C=C(Br)Br)cc1OCc1ccccc1. The highest BCUT2D eigenvalue weighted by molar-refractivity contribution is 9.28. The van der Waals surface area contributed by atoms with E-state index in [1.807, 2.05) is 30.3 Å². The molecule has 0 aliphatic heterocycles. The monoisotopic (exact) mass is 411 g/mol. The molecule has 21 heavy (non-hydrogen) atoms. The van der Waals surface area contributed by atoms with Crippen LogP contribution < -0.4 is 4.74 Å². The Balaban J connectivity index is 2.26. The van der Waals surface area contributed by atoms with Gasteiger partial charge in [0.15, 0.2) is 5.75 Å². The highest BCUT2D eigenvalue weighted by atomic mass is 79.9. The molecule has 2 aromatic rings. The maximum absolute atomic E-state index is 11.1. The summed E-state index contributed by atoms with van der Waals surface area (Å²) in [4.78, 5) is 10.6. The predicted molar refractivity (Wildman–Crippen MR) is 89.7 cm³/mol. The van der Waals surface area contributed by atoms with E-state index >= 15 is 0 Å². The Kier molecular flexibility index (Phi) is 5.52. The second-order valence-corrected chi connectivity index (χ2v) is 6.97. The van der Waals surface area contributed by atoms with E-state index in [4.69, 9.17) is 4.74 Å². The third-order valence-electron chi connectivity index (χ3n) is 2.69. The zero-order valence-corrected chi connectivity index (χ0v) is 14.0. The summed E-state index contributed by atoms with van der Waals surface area (Å²) in [7, 11) is 0. The van der Waals surface area contributed by atoms with Gasteiger partial charge in [0.25, 0.3) is 0 Å². The van der Waals surface area contributed by atoms with Crippen LogP contribution in [0.1, 0.15) is 11.1 Å². The van der Waals surface area contributed by atoms with Gasteiger partial charge in [-0.05, 0) is 61.2 Å². The van der Waals surface area contributed by atoms with Crippen LogP contribution in [-0.2, 0) is 6.61 Å². The zero-order valence-electron chi connectivity index (χ0n) is 10.8. The summed E-state index contributed by atoms with van der Waals surface area (Å²) >= 11 is 6.52. The number of hydrogen-bond donors (Lipinski definition) is 0. The third-order valence-corrected chi connectivity index (χ3v) is 3.15. The highest BCUT2D eigenvalue weighted by Gasteiger charge is 2.15. The second kappa shape index (κ2) is 7.38. The maximum Gasteiger partial charge on any atom is 0.310 e. The van der Waals surface area contributed by atoms with Gasteiger partial charge in [-0.15, -0.1) is 0 Å². The average Bonchev–Trinajstić information content (AvgIpc) is 2.45. The van der Waals surface area contributed by atoms with Crippen LogP contribution in [0.4, 0.5) is 5.69 Å². The minimum Gasteiger partial charge on any atom is -0.482 e. The summed E-state index contributed by atoms with van der Waals surface area (Å²) in [5.74, 6) is 0.249. The van der Waals surface area contributed by atoms with Crippen molar-refractivity contribution in [1.82, 2.24) is 0 Å². The molecule has 0 heterocycles. The van der Waals surface area contributed by atoms with Crippen LogP contribution in [0.2, 0.25) is 0 Å². The lowest BCUT2D eigenvalue weighted by molar-refractivity contribution is -0.385. The minimum atomic E-state index is -0.447.